The predicted octanol–water partition coefficient (Wildman–Crippen LogP) is 2.72. The van der Waals surface area contributed by atoms with E-state index in [9.17, 15) is 4.79 Å². The molecule has 3 rings (SSSR count). The maximum Gasteiger partial charge on any atom is 0.281 e. The lowest BCUT2D eigenvalue weighted by Crippen LogP contribution is -2.39. The molecule has 0 bridgehead atoms. The van der Waals surface area contributed by atoms with Crippen LogP contribution in [-0.2, 0) is 4.79 Å². The molecular formula is C13H15BrN3O+. The number of aliphatic imine (C=N–C) groups is 2. The van der Waals surface area contributed by atoms with E-state index in [1.165, 1.54) is 0 Å². The number of halogens is 1. The van der Waals surface area contributed by atoms with Gasteiger partial charge in [-0.05, 0) is 12.8 Å². The molecule has 0 amide bonds. The third-order valence-electron chi connectivity index (χ3n) is 3.94. The third kappa shape index (κ3) is 1.73. The molecule has 0 saturated heterocycles. The fraction of sp³-hybridized carbons (Fsp3) is 0.462. The van der Waals surface area contributed by atoms with E-state index in [1.807, 2.05) is 12.4 Å². The van der Waals surface area contributed by atoms with Crippen molar-refractivity contribution in [1.29, 1.82) is 0 Å². The quantitative estimate of drug-likeness (QED) is 0.542. The zero-order valence-corrected chi connectivity index (χ0v) is 11.9. The van der Waals surface area contributed by atoms with Crippen LogP contribution < -0.4 is 0 Å². The Labute approximate surface area is 115 Å². The molecule has 2 aliphatic heterocycles. The number of quaternary nitrogens is 1. The zero-order valence-electron chi connectivity index (χ0n) is 10.3. The molecule has 1 atom stereocenters. The van der Waals surface area contributed by atoms with Gasteiger partial charge in [0, 0.05) is 34.7 Å². The first kappa shape index (κ1) is 12.0. The lowest BCUT2D eigenvalue weighted by Gasteiger charge is -2.26. The average Bonchev–Trinajstić information content (AvgIpc) is 2.63. The lowest BCUT2D eigenvalue weighted by atomic mass is 9.85. The molecule has 1 saturated carbocycles. The van der Waals surface area contributed by atoms with Crippen LogP contribution in [0.4, 0.5) is 0 Å². The van der Waals surface area contributed by atoms with Crippen LogP contribution in [0.15, 0.2) is 33.8 Å². The van der Waals surface area contributed by atoms with Crippen molar-refractivity contribution >= 4 is 32.7 Å². The monoisotopic (exact) mass is 308 g/mol. The molecular weight excluding hydrogens is 294 g/mol. The van der Waals surface area contributed by atoms with Gasteiger partial charge in [0.15, 0.2) is 5.70 Å². The lowest BCUT2D eigenvalue weighted by molar-refractivity contribution is -0.709. The van der Waals surface area contributed by atoms with E-state index < -0.39 is 0 Å². The number of fused-ring (bicyclic) bond motifs is 1. The van der Waals surface area contributed by atoms with Gasteiger partial charge >= 0.3 is 0 Å². The van der Waals surface area contributed by atoms with E-state index in [0.29, 0.717) is 29.0 Å². The Morgan fingerprint density at radius 3 is 2.83 bits per heavy atom. The van der Waals surface area contributed by atoms with Crippen LogP contribution in [0.3, 0.4) is 0 Å². The second-order valence-corrected chi connectivity index (χ2v) is 5.83. The Hall–Kier alpha value is -1.07. The number of ketones is 1. The zero-order chi connectivity index (χ0) is 12.8. The maximum atomic E-state index is 11.3. The van der Waals surface area contributed by atoms with Crippen molar-refractivity contribution in [1.82, 2.24) is 0 Å². The molecule has 1 aliphatic carbocycles. The van der Waals surface area contributed by atoms with Crippen molar-refractivity contribution in [3.8, 4) is 0 Å². The minimum atomic E-state index is 0.382. The Morgan fingerprint density at radius 1 is 1.39 bits per heavy atom. The van der Waals surface area contributed by atoms with E-state index in [-0.39, 0.29) is 0 Å². The first-order chi connectivity index (χ1) is 8.61. The molecule has 2 heterocycles. The highest BCUT2D eigenvalue weighted by atomic mass is 79.9. The van der Waals surface area contributed by atoms with Gasteiger partial charge in [-0.25, -0.2) is 4.48 Å². The number of Topliss-reactive ketones (excluding diaryl/α,β-unsaturated/α-hetero) is 1. The number of amidine groups is 1. The molecule has 0 aromatic rings. The van der Waals surface area contributed by atoms with Crippen LogP contribution in [0.2, 0.25) is 0 Å². The van der Waals surface area contributed by atoms with Crippen LogP contribution >= 0.6 is 15.9 Å². The molecule has 18 heavy (non-hydrogen) atoms. The molecule has 0 aromatic heterocycles. The number of nitrogens with zero attached hydrogens (tertiary/aromatic N) is 3. The highest BCUT2D eigenvalue weighted by Gasteiger charge is 2.42. The largest absolute Gasteiger partial charge is 0.300 e. The maximum absolute atomic E-state index is 11.3. The van der Waals surface area contributed by atoms with Gasteiger partial charge in [-0.2, -0.15) is 4.99 Å². The van der Waals surface area contributed by atoms with Gasteiger partial charge in [0.1, 0.15) is 17.7 Å². The standard InChI is InChI=1S/C13H15BrN3O/c1-17-7-6-15-8-11(17)12(16-13(17)14)9-2-4-10(18)5-3-9/h6-9H,2-5H2,1H3/q+1. The smallest absolute Gasteiger partial charge is 0.281 e. The number of hydrogen-bond acceptors (Lipinski definition) is 3. The van der Waals surface area contributed by atoms with Crippen molar-refractivity contribution < 1.29 is 9.28 Å². The second kappa shape index (κ2) is 4.24. The number of allylic oxidation sites excluding steroid dienone is 2. The summed E-state index contributed by atoms with van der Waals surface area (Å²) >= 11 is 3.56. The molecule has 5 heteroatoms. The Balaban J connectivity index is 1.96. The van der Waals surface area contributed by atoms with Crippen LogP contribution in [0.5, 0.6) is 0 Å². The molecule has 1 fully saturated rings. The SMILES string of the molecule is C[N+]12C=CN=CC1=C(C1CCC(=O)CC1)N=C2Br. The van der Waals surface area contributed by atoms with E-state index in [1.54, 1.807) is 6.20 Å². The molecule has 1 unspecified atom stereocenters. The summed E-state index contributed by atoms with van der Waals surface area (Å²) in [4.78, 5) is 20.2. The number of hydrogen-bond donors (Lipinski definition) is 0. The van der Waals surface area contributed by atoms with Crippen molar-refractivity contribution in [2.24, 2.45) is 15.9 Å². The fourth-order valence-electron chi connectivity index (χ4n) is 2.72. The van der Waals surface area contributed by atoms with Crippen LogP contribution in [-0.4, -0.2) is 28.3 Å². The van der Waals surface area contributed by atoms with Crippen LogP contribution in [0.1, 0.15) is 25.7 Å². The first-order valence-electron chi connectivity index (χ1n) is 6.19. The minimum Gasteiger partial charge on any atom is -0.300 e. The Morgan fingerprint density at radius 2 is 2.11 bits per heavy atom. The summed E-state index contributed by atoms with van der Waals surface area (Å²) in [6, 6.07) is 0. The third-order valence-corrected chi connectivity index (χ3v) is 4.85. The van der Waals surface area contributed by atoms with Gasteiger partial charge in [-0.3, -0.25) is 9.79 Å². The van der Waals surface area contributed by atoms with Crippen molar-refractivity contribution in [2.75, 3.05) is 7.05 Å². The molecule has 0 aromatic carbocycles. The molecule has 0 N–H and O–H groups in total. The molecule has 94 valence electrons. The van der Waals surface area contributed by atoms with Gasteiger partial charge < -0.3 is 0 Å². The molecule has 0 radical (unpaired) electrons. The summed E-state index contributed by atoms with van der Waals surface area (Å²) in [7, 11) is 2.09. The number of rotatable bonds is 1. The van der Waals surface area contributed by atoms with Gasteiger partial charge in [0.25, 0.3) is 4.74 Å². The highest BCUT2D eigenvalue weighted by Crippen LogP contribution is 2.39. The normalized spacial score (nSPS) is 31.9. The summed E-state index contributed by atoms with van der Waals surface area (Å²) in [5, 5.41) is 0. The number of carbonyl (C=O) groups excluding carboxylic acids is 1. The van der Waals surface area contributed by atoms with Crippen LogP contribution in [0, 0.1) is 5.92 Å². The Kier molecular flexibility index (Phi) is 2.83. The van der Waals surface area contributed by atoms with Gasteiger partial charge in [-0.1, -0.05) is 0 Å². The highest BCUT2D eigenvalue weighted by molar-refractivity contribution is 9.18. The van der Waals surface area contributed by atoms with Crippen molar-refractivity contribution in [2.45, 2.75) is 25.7 Å². The summed E-state index contributed by atoms with van der Waals surface area (Å²) in [6.07, 6.45) is 8.91. The second-order valence-electron chi connectivity index (χ2n) is 5.12. The van der Waals surface area contributed by atoms with Crippen molar-refractivity contribution in [3.63, 3.8) is 0 Å². The topological polar surface area (TPSA) is 41.8 Å². The molecule has 0 spiro atoms. The molecule has 4 nitrogen and oxygen atoms in total. The predicted molar refractivity (Wildman–Crippen MR) is 74.2 cm³/mol. The van der Waals surface area contributed by atoms with Crippen molar-refractivity contribution in [3.05, 3.63) is 23.8 Å². The first-order valence-corrected chi connectivity index (χ1v) is 6.99. The van der Waals surface area contributed by atoms with Gasteiger partial charge in [-0.15, -0.1) is 0 Å². The minimum absolute atomic E-state index is 0.382. The van der Waals surface area contributed by atoms with E-state index in [0.717, 1.165) is 29.0 Å². The molecule has 3 aliphatic rings. The Bertz CT molecular complexity index is 522. The number of carbonyl (C=O) groups is 1. The van der Waals surface area contributed by atoms with E-state index in [2.05, 4.69) is 33.0 Å². The average molecular weight is 309 g/mol. The van der Waals surface area contributed by atoms with E-state index in [4.69, 9.17) is 0 Å². The van der Waals surface area contributed by atoms with Gasteiger partial charge in [0.2, 0.25) is 0 Å². The summed E-state index contributed by atoms with van der Waals surface area (Å²) in [6.45, 7) is 0. The summed E-state index contributed by atoms with van der Waals surface area (Å²) in [5.74, 6) is 0.774. The summed E-state index contributed by atoms with van der Waals surface area (Å²) in [5.41, 5.74) is 2.23. The van der Waals surface area contributed by atoms with Crippen LogP contribution in [0.25, 0.3) is 0 Å². The van der Waals surface area contributed by atoms with E-state index >= 15 is 0 Å². The summed E-state index contributed by atoms with van der Waals surface area (Å²) < 4.78 is 1.45. The van der Waals surface area contributed by atoms with Gasteiger partial charge in [0.05, 0.1) is 19.5 Å². The fourth-order valence-corrected chi connectivity index (χ4v) is 3.23.